The molecule has 1 rings (SSSR count). The van der Waals surface area contributed by atoms with Gasteiger partial charge in [-0.05, 0) is 13.0 Å². The molecule has 0 amide bonds. The lowest BCUT2D eigenvalue weighted by atomic mass is 10.4. The highest BCUT2D eigenvalue weighted by Gasteiger charge is 1.94. The third-order valence-electron chi connectivity index (χ3n) is 1.30. The smallest absolute Gasteiger partial charge is 0.266 e. The highest BCUT2D eigenvalue weighted by atomic mass is 79.9. The molecular weight excluding hydrogens is 208 g/mol. The van der Waals surface area contributed by atoms with Gasteiger partial charge in [-0.15, -0.1) is 0 Å². The number of aryl methyl sites for hydroxylation is 2. The molecule has 3 nitrogen and oxygen atoms in total. The van der Waals surface area contributed by atoms with E-state index >= 15 is 0 Å². The van der Waals surface area contributed by atoms with Crippen LogP contribution in [-0.4, -0.2) is 15.1 Å². The molecule has 0 atom stereocenters. The predicted molar refractivity (Wildman–Crippen MR) is 47.0 cm³/mol. The SMILES string of the molecule is Cc1ccc(=O)n(CCBr)n1. The van der Waals surface area contributed by atoms with Crippen molar-refractivity contribution in [1.29, 1.82) is 0 Å². The number of hydrogen-bond acceptors (Lipinski definition) is 2. The van der Waals surface area contributed by atoms with Gasteiger partial charge >= 0.3 is 0 Å². The van der Waals surface area contributed by atoms with Crippen LogP contribution in [0.2, 0.25) is 0 Å². The molecule has 0 unspecified atom stereocenters. The molecule has 0 spiro atoms. The fraction of sp³-hybridized carbons (Fsp3) is 0.429. The molecule has 0 aliphatic carbocycles. The van der Waals surface area contributed by atoms with Crippen LogP contribution in [0.3, 0.4) is 0 Å². The van der Waals surface area contributed by atoms with Crippen LogP contribution in [-0.2, 0) is 6.54 Å². The average molecular weight is 217 g/mol. The molecule has 1 aromatic heterocycles. The first-order valence-electron chi connectivity index (χ1n) is 3.35. The van der Waals surface area contributed by atoms with Crippen LogP contribution >= 0.6 is 15.9 Å². The van der Waals surface area contributed by atoms with Gasteiger partial charge in [0.05, 0.1) is 12.2 Å². The topological polar surface area (TPSA) is 34.9 Å². The molecule has 0 saturated carbocycles. The van der Waals surface area contributed by atoms with Gasteiger partial charge in [0.15, 0.2) is 0 Å². The van der Waals surface area contributed by atoms with Crippen molar-refractivity contribution in [2.75, 3.05) is 5.33 Å². The fourth-order valence-electron chi connectivity index (χ4n) is 0.791. The summed E-state index contributed by atoms with van der Waals surface area (Å²) in [5.74, 6) is 0. The zero-order valence-electron chi connectivity index (χ0n) is 6.25. The molecule has 0 aliphatic rings. The van der Waals surface area contributed by atoms with Gasteiger partial charge in [0.2, 0.25) is 0 Å². The molecule has 1 aromatic rings. The average Bonchev–Trinajstić information content (AvgIpc) is 1.98. The first-order chi connectivity index (χ1) is 5.24. The third-order valence-corrected chi connectivity index (χ3v) is 1.65. The normalized spacial score (nSPS) is 10.0. The van der Waals surface area contributed by atoms with E-state index in [1.807, 2.05) is 6.92 Å². The monoisotopic (exact) mass is 216 g/mol. The minimum Gasteiger partial charge on any atom is -0.268 e. The summed E-state index contributed by atoms with van der Waals surface area (Å²) in [6, 6.07) is 3.25. The Labute approximate surface area is 73.2 Å². The second-order valence-corrected chi connectivity index (χ2v) is 3.02. The van der Waals surface area contributed by atoms with Gasteiger partial charge in [0, 0.05) is 11.4 Å². The standard InChI is InChI=1S/C7H9BrN2O/c1-6-2-3-7(11)10(9-6)5-4-8/h2-3H,4-5H2,1H3. The van der Waals surface area contributed by atoms with Crippen molar-refractivity contribution in [2.45, 2.75) is 13.5 Å². The van der Waals surface area contributed by atoms with Crippen molar-refractivity contribution in [1.82, 2.24) is 9.78 Å². The number of halogens is 1. The maximum Gasteiger partial charge on any atom is 0.266 e. The molecule has 60 valence electrons. The van der Waals surface area contributed by atoms with E-state index in [1.54, 1.807) is 6.07 Å². The summed E-state index contributed by atoms with van der Waals surface area (Å²) in [5, 5.41) is 4.79. The van der Waals surface area contributed by atoms with Crippen LogP contribution in [0.4, 0.5) is 0 Å². The molecular formula is C7H9BrN2O. The van der Waals surface area contributed by atoms with Crippen molar-refractivity contribution < 1.29 is 0 Å². The van der Waals surface area contributed by atoms with Gasteiger partial charge in [-0.3, -0.25) is 4.79 Å². The van der Waals surface area contributed by atoms with Gasteiger partial charge in [0.1, 0.15) is 0 Å². The Hall–Kier alpha value is -0.640. The van der Waals surface area contributed by atoms with Gasteiger partial charge in [0.25, 0.3) is 5.56 Å². The first kappa shape index (κ1) is 8.46. The summed E-state index contributed by atoms with van der Waals surface area (Å²) in [4.78, 5) is 11.0. The van der Waals surface area contributed by atoms with Crippen LogP contribution in [0.15, 0.2) is 16.9 Å². The van der Waals surface area contributed by atoms with Crippen molar-refractivity contribution in [2.24, 2.45) is 0 Å². The van der Waals surface area contributed by atoms with E-state index in [1.165, 1.54) is 10.7 Å². The summed E-state index contributed by atoms with van der Waals surface area (Å²) < 4.78 is 1.45. The Balaban J connectivity index is 3.03. The van der Waals surface area contributed by atoms with Gasteiger partial charge in [-0.1, -0.05) is 15.9 Å². The molecule has 1 heterocycles. The minimum absolute atomic E-state index is 0.0462. The van der Waals surface area contributed by atoms with E-state index in [-0.39, 0.29) is 5.56 Å². The number of aromatic nitrogens is 2. The van der Waals surface area contributed by atoms with E-state index in [9.17, 15) is 4.79 Å². The number of hydrogen-bond donors (Lipinski definition) is 0. The number of rotatable bonds is 2. The highest BCUT2D eigenvalue weighted by molar-refractivity contribution is 9.09. The second-order valence-electron chi connectivity index (χ2n) is 2.23. The van der Waals surface area contributed by atoms with Gasteiger partial charge in [-0.2, -0.15) is 5.10 Å². The lowest BCUT2D eigenvalue weighted by Gasteiger charge is -2.00. The maximum atomic E-state index is 11.0. The second kappa shape index (κ2) is 3.67. The summed E-state index contributed by atoms with van der Waals surface area (Å²) in [5.41, 5.74) is 0.820. The summed E-state index contributed by atoms with van der Waals surface area (Å²) >= 11 is 3.25. The third kappa shape index (κ3) is 2.15. The molecule has 4 heteroatoms. The molecule has 0 fully saturated rings. The largest absolute Gasteiger partial charge is 0.268 e. The Morgan fingerprint density at radius 3 is 3.00 bits per heavy atom. The predicted octanol–water partition coefficient (Wildman–Crippen LogP) is 0.947. The summed E-state index contributed by atoms with van der Waals surface area (Å²) in [7, 11) is 0. The van der Waals surface area contributed by atoms with E-state index in [4.69, 9.17) is 0 Å². The zero-order valence-corrected chi connectivity index (χ0v) is 7.84. The Morgan fingerprint density at radius 1 is 1.64 bits per heavy atom. The lowest BCUT2D eigenvalue weighted by Crippen LogP contribution is -2.22. The van der Waals surface area contributed by atoms with Gasteiger partial charge in [-0.25, -0.2) is 4.68 Å². The number of nitrogens with zero attached hydrogens (tertiary/aromatic N) is 2. The maximum absolute atomic E-state index is 11.0. The molecule has 0 bridgehead atoms. The van der Waals surface area contributed by atoms with Gasteiger partial charge < -0.3 is 0 Å². The summed E-state index contributed by atoms with van der Waals surface area (Å²) in [6.07, 6.45) is 0. The summed E-state index contributed by atoms with van der Waals surface area (Å²) in [6.45, 7) is 2.49. The van der Waals surface area contributed by atoms with E-state index in [0.29, 0.717) is 6.54 Å². The Kier molecular flexibility index (Phi) is 2.82. The zero-order chi connectivity index (χ0) is 8.27. The van der Waals surface area contributed by atoms with Crippen LogP contribution in [0.25, 0.3) is 0 Å². The molecule has 0 aromatic carbocycles. The van der Waals surface area contributed by atoms with Crippen molar-refractivity contribution >= 4 is 15.9 Å². The van der Waals surface area contributed by atoms with Crippen molar-refractivity contribution in [3.05, 3.63) is 28.2 Å². The van der Waals surface area contributed by atoms with Crippen LogP contribution < -0.4 is 5.56 Å². The lowest BCUT2D eigenvalue weighted by molar-refractivity contribution is 0.613. The van der Waals surface area contributed by atoms with Crippen LogP contribution in [0, 0.1) is 6.92 Å². The Morgan fingerprint density at radius 2 is 2.36 bits per heavy atom. The van der Waals surface area contributed by atoms with Crippen molar-refractivity contribution in [3.8, 4) is 0 Å². The van der Waals surface area contributed by atoms with E-state index in [0.717, 1.165) is 11.0 Å². The minimum atomic E-state index is -0.0462. The van der Waals surface area contributed by atoms with Crippen LogP contribution in [0.5, 0.6) is 0 Å². The van der Waals surface area contributed by atoms with E-state index in [2.05, 4.69) is 21.0 Å². The van der Waals surface area contributed by atoms with E-state index < -0.39 is 0 Å². The highest BCUT2D eigenvalue weighted by Crippen LogP contribution is 1.87. The fourth-order valence-corrected chi connectivity index (χ4v) is 1.13. The Bertz CT molecular complexity index is 295. The number of alkyl halides is 1. The first-order valence-corrected chi connectivity index (χ1v) is 4.47. The molecule has 11 heavy (non-hydrogen) atoms. The molecule has 0 N–H and O–H groups in total. The molecule has 0 radical (unpaired) electrons. The van der Waals surface area contributed by atoms with Crippen molar-refractivity contribution in [3.63, 3.8) is 0 Å². The quantitative estimate of drug-likeness (QED) is 0.691. The molecule has 0 aliphatic heterocycles. The van der Waals surface area contributed by atoms with Crippen LogP contribution in [0.1, 0.15) is 5.69 Å². The molecule has 0 saturated heterocycles.